The molecular weight excluding hydrogens is 294 g/mol. The van der Waals surface area contributed by atoms with Gasteiger partial charge in [-0.1, -0.05) is 11.6 Å². The average Bonchev–Trinajstić information content (AvgIpc) is 2.96. The number of pyridine rings is 1. The molecule has 5 N–H and O–H groups in total. The molecule has 3 rings (SSSR count). The van der Waals surface area contributed by atoms with Gasteiger partial charge >= 0.3 is 0 Å². The molecule has 0 fully saturated rings. The van der Waals surface area contributed by atoms with Crippen LogP contribution < -0.4 is 16.6 Å². The zero-order chi connectivity index (χ0) is 14.8. The average molecular weight is 304 g/mol. The normalized spacial score (nSPS) is 10.5. The van der Waals surface area contributed by atoms with Crippen LogP contribution >= 0.6 is 11.6 Å². The summed E-state index contributed by atoms with van der Waals surface area (Å²) < 4.78 is 0. The minimum atomic E-state index is -0.438. The maximum absolute atomic E-state index is 12.0. The number of nitrogens with two attached hydrogens (primary N) is 1. The van der Waals surface area contributed by atoms with Gasteiger partial charge in [0, 0.05) is 11.6 Å². The van der Waals surface area contributed by atoms with Gasteiger partial charge in [0.25, 0.3) is 5.91 Å². The maximum Gasteiger partial charge on any atom is 0.288 e. The zero-order valence-electron chi connectivity index (χ0n) is 10.6. The number of aromatic nitrogens is 4. The summed E-state index contributed by atoms with van der Waals surface area (Å²) in [6.45, 7) is 0. The summed E-state index contributed by atoms with van der Waals surface area (Å²) >= 11 is 5.92. The molecule has 8 nitrogen and oxygen atoms in total. The summed E-state index contributed by atoms with van der Waals surface area (Å²) in [5.74, 6) is -0.280. The molecule has 21 heavy (non-hydrogen) atoms. The van der Waals surface area contributed by atoms with E-state index < -0.39 is 5.91 Å². The van der Waals surface area contributed by atoms with E-state index in [1.165, 1.54) is 6.20 Å². The molecule has 0 radical (unpaired) electrons. The molecule has 3 aromatic heterocycles. The van der Waals surface area contributed by atoms with Crippen molar-refractivity contribution in [1.82, 2.24) is 25.6 Å². The van der Waals surface area contributed by atoms with Gasteiger partial charge in [0.1, 0.15) is 16.4 Å². The van der Waals surface area contributed by atoms with Gasteiger partial charge in [-0.25, -0.2) is 4.98 Å². The van der Waals surface area contributed by atoms with Gasteiger partial charge in [0.05, 0.1) is 11.9 Å². The molecule has 106 valence electrons. The number of nitrogen functional groups attached to an aromatic ring is 1. The molecule has 9 heteroatoms. The molecule has 0 spiro atoms. The first-order chi connectivity index (χ1) is 10.1. The number of amides is 1. The van der Waals surface area contributed by atoms with Gasteiger partial charge < -0.3 is 10.7 Å². The monoisotopic (exact) mass is 303 g/mol. The fourth-order valence-corrected chi connectivity index (χ4v) is 1.84. The Hall–Kier alpha value is -2.87. The smallest absolute Gasteiger partial charge is 0.288 e. The van der Waals surface area contributed by atoms with Crippen LogP contribution in [-0.2, 0) is 0 Å². The van der Waals surface area contributed by atoms with Crippen molar-refractivity contribution in [2.24, 2.45) is 0 Å². The minimum Gasteiger partial charge on any atom is -0.396 e. The first-order valence-corrected chi connectivity index (χ1v) is 6.30. The predicted molar refractivity (Wildman–Crippen MR) is 78.6 cm³/mol. The lowest BCUT2D eigenvalue weighted by Gasteiger charge is -2.08. The van der Waals surface area contributed by atoms with Crippen LogP contribution in [0.3, 0.4) is 0 Å². The molecule has 0 unspecified atom stereocenters. The van der Waals surface area contributed by atoms with Crippen molar-refractivity contribution in [3.05, 3.63) is 41.3 Å². The number of hydrazine groups is 1. The molecule has 0 bridgehead atoms. The second-order valence-electron chi connectivity index (χ2n) is 4.15. The van der Waals surface area contributed by atoms with E-state index in [0.717, 1.165) is 5.39 Å². The molecule has 3 aromatic rings. The van der Waals surface area contributed by atoms with Gasteiger partial charge in [-0.05, 0) is 18.2 Å². The van der Waals surface area contributed by atoms with Gasteiger partial charge in [-0.2, -0.15) is 5.10 Å². The number of fused-ring (bicyclic) bond motifs is 1. The van der Waals surface area contributed by atoms with E-state index in [-0.39, 0.29) is 22.2 Å². The van der Waals surface area contributed by atoms with Gasteiger partial charge in [0.2, 0.25) is 0 Å². The third-order valence-electron chi connectivity index (χ3n) is 2.75. The van der Waals surface area contributed by atoms with E-state index in [2.05, 4.69) is 31.0 Å². The number of carbonyl (C=O) groups is 1. The minimum absolute atomic E-state index is 0.158. The Morgan fingerprint density at radius 3 is 3.05 bits per heavy atom. The van der Waals surface area contributed by atoms with Gasteiger partial charge in [-0.15, -0.1) is 5.10 Å². The third-order valence-corrected chi connectivity index (χ3v) is 3.15. The Kier molecular flexibility index (Phi) is 3.28. The topological polar surface area (TPSA) is 122 Å². The zero-order valence-corrected chi connectivity index (χ0v) is 11.3. The van der Waals surface area contributed by atoms with Gasteiger partial charge in [0.15, 0.2) is 5.82 Å². The molecule has 0 saturated carbocycles. The van der Waals surface area contributed by atoms with Crippen molar-refractivity contribution >= 4 is 40.0 Å². The number of hydrogen-bond acceptors (Lipinski definition) is 6. The number of halogens is 1. The second kappa shape index (κ2) is 5.25. The Morgan fingerprint density at radius 2 is 2.19 bits per heavy atom. The van der Waals surface area contributed by atoms with Crippen LogP contribution in [0, 0.1) is 0 Å². The fraction of sp³-hybridized carbons (Fsp3) is 0. The van der Waals surface area contributed by atoms with E-state index in [1.807, 2.05) is 6.07 Å². The predicted octanol–water partition coefficient (Wildman–Crippen LogP) is 1.35. The van der Waals surface area contributed by atoms with E-state index in [0.29, 0.717) is 5.65 Å². The molecule has 0 saturated heterocycles. The van der Waals surface area contributed by atoms with Crippen LogP contribution in [0.2, 0.25) is 5.02 Å². The highest BCUT2D eigenvalue weighted by Crippen LogP contribution is 2.23. The fourth-order valence-electron chi connectivity index (χ4n) is 1.70. The van der Waals surface area contributed by atoms with Crippen LogP contribution in [0.15, 0.2) is 30.6 Å². The van der Waals surface area contributed by atoms with E-state index in [1.54, 1.807) is 18.3 Å². The standard InChI is InChI=1S/C12H10ClN7O/c13-9-7(14)5-16-18-11(9)19-20-12(21)8-2-1-6-3-4-15-10(6)17-8/h1-5H,(H,15,17)(H,20,21)(H3,14,18,19). The number of rotatable bonds is 3. The molecule has 0 aliphatic heterocycles. The summed E-state index contributed by atoms with van der Waals surface area (Å²) in [7, 11) is 0. The van der Waals surface area contributed by atoms with Crippen molar-refractivity contribution in [2.75, 3.05) is 11.2 Å². The largest absolute Gasteiger partial charge is 0.396 e. The number of H-pyrrole nitrogens is 1. The summed E-state index contributed by atoms with van der Waals surface area (Å²) in [6, 6.07) is 5.27. The van der Waals surface area contributed by atoms with Crippen LogP contribution in [0.25, 0.3) is 11.0 Å². The number of carbonyl (C=O) groups excluding carboxylic acids is 1. The number of hydrogen-bond donors (Lipinski definition) is 4. The number of nitrogens with zero attached hydrogens (tertiary/aromatic N) is 3. The summed E-state index contributed by atoms with van der Waals surface area (Å²) in [4.78, 5) is 19.1. The first kappa shape index (κ1) is 13.1. The van der Waals surface area contributed by atoms with E-state index >= 15 is 0 Å². The third kappa shape index (κ3) is 2.56. The van der Waals surface area contributed by atoms with Crippen molar-refractivity contribution in [2.45, 2.75) is 0 Å². The molecule has 1 amide bonds. The second-order valence-corrected chi connectivity index (χ2v) is 4.53. The Labute approximate surface area is 123 Å². The lowest BCUT2D eigenvalue weighted by molar-refractivity contribution is 0.0958. The maximum atomic E-state index is 12.0. The Bertz CT molecular complexity index is 816. The number of aromatic amines is 1. The molecule has 0 aliphatic carbocycles. The van der Waals surface area contributed by atoms with Crippen LogP contribution in [0.1, 0.15) is 10.5 Å². The molecule has 0 atom stereocenters. The van der Waals surface area contributed by atoms with Crippen LogP contribution in [0.4, 0.5) is 11.5 Å². The highest BCUT2D eigenvalue weighted by Gasteiger charge is 2.11. The highest BCUT2D eigenvalue weighted by atomic mass is 35.5. The first-order valence-electron chi connectivity index (χ1n) is 5.92. The van der Waals surface area contributed by atoms with Crippen molar-refractivity contribution < 1.29 is 4.79 Å². The molecule has 0 aromatic carbocycles. The molecular formula is C12H10ClN7O. The van der Waals surface area contributed by atoms with Crippen LogP contribution in [0.5, 0.6) is 0 Å². The quantitative estimate of drug-likeness (QED) is 0.542. The van der Waals surface area contributed by atoms with Crippen molar-refractivity contribution in [3.8, 4) is 0 Å². The summed E-state index contributed by atoms with van der Waals surface area (Å²) in [5, 5.41) is 8.47. The highest BCUT2D eigenvalue weighted by molar-refractivity contribution is 6.35. The van der Waals surface area contributed by atoms with E-state index in [9.17, 15) is 4.79 Å². The Balaban J connectivity index is 1.75. The lowest BCUT2D eigenvalue weighted by atomic mass is 10.3. The van der Waals surface area contributed by atoms with E-state index in [4.69, 9.17) is 17.3 Å². The molecule has 3 heterocycles. The SMILES string of the molecule is Nc1cnnc(NNC(=O)c2ccc3cc[nH]c3n2)c1Cl. The number of anilines is 2. The molecule has 0 aliphatic rings. The van der Waals surface area contributed by atoms with Crippen molar-refractivity contribution in [1.29, 1.82) is 0 Å². The van der Waals surface area contributed by atoms with Gasteiger partial charge in [-0.3, -0.25) is 15.6 Å². The summed E-state index contributed by atoms with van der Waals surface area (Å²) in [5.41, 5.74) is 11.7. The summed E-state index contributed by atoms with van der Waals surface area (Å²) in [6.07, 6.45) is 3.07. The lowest BCUT2D eigenvalue weighted by Crippen LogP contribution is -2.30. The number of nitrogens with one attached hydrogen (secondary N) is 3. The Morgan fingerprint density at radius 1 is 1.33 bits per heavy atom. The van der Waals surface area contributed by atoms with Crippen LogP contribution in [-0.4, -0.2) is 26.1 Å². The van der Waals surface area contributed by atoms with Crippen molar-refractivity contribution in [3.63, 3.8) is 0 Å².